The lowest BCUT2D eigenvalue weighted by molar-refractivity contribution is -0.660. The van der Waals surface area contributed by atoms with Crippen molar-refractivity contribution in [2.75, 3.05) is 0 Å². The summed E-state index contributed by atoms with van der Waals surface area (Å²) in [6.45, 7) is 7.58. The van der Waals surface area contributed by atoms with Crippen molar-refractivity contribution >= 4 is 0 Å². The van der Waals surface area contributed by atoms with Crippen molar-refractivity contribution in [1.29, 1.82) is 0 Å². The Morgan fingerprint density at radius 3 is 2.59 bits per heavy atom. The molecule has 0 aliphatic heterocycles. The van der Waals surface area contributed by atoms with Crippen LogP contribution in [0.2, 0.25) is 0 Å². The van der Waals surface area contributed by atoms with Crippen molar-refractivity contribution in [2.24, 2.45) is 7.05 Å². The Hall–Kier alpha value is -2.48. The molecule has 0 saturated carbocycles. The molecule has 1 aliphatic carbocycles. The normalized spacial score (nSPS) is 19.2. The second kappa shape index (κ2) is 6.02. The SMILES string of the molecule is [2H]C([2H])([2H])C([2H])(C)c1cc[n+](C)c(-c2cc3c(cc2C)C(C)(C)c2nc(C)ccc2-3)c1. The van der Waals surface area contributed by atoms with Crippen LogP contribution in [-0.4, -0.2) is 4.98 Å². The molecule has 2 heterocycles. The van der Waals surface area contributed by atoms with Gasteiger partial charge in [0.15, 0.2) is 6.20 Å². The molecular formula is C25H29N2+. The maximum atomic E-state index is 8.51. The van der Waals surface area contributed by atoms with Crippen molar-refractivity contribution < 1.29 is 10.1 Å². The van der Waals surface area contributed by atoms with Crippen LogP contribution in [0.4, 0.5) is 0 Å². The molecule has 0 radical (unpaired) electrons. The van der Waals surface area contributed by atoms with E-state index in [9.17, 15) is 0 Å². The molecule has 1 aliphatic rings. The largest absolute Gasteiger partial charge is 0.257 e. The third-order valence-electron chi connectivity index (χ3n) is 5.81. The average Bonchev–Trinajstić information content (AvgIpc) is 2.87. The third kappa shape index (κ3) is 2.70. The number of fused-ring (bicyclic) bond motifs is 3. The number of aryl methyl sites for hydroxylation is 3. The second-order valence-corrected chi connectivity index (χ2v) is 8.22. The molecular weight excluding hydrogens is 328 g/mol. The monoisotopic (exact) mass is 361 g/mol. The molecule has 1 aromatic carbocycles. The molecule has 2 nitrogen and oxygen atoms in total. The fourth-order valence-corrected chi connectivity index (χ4v) is 4.17. The predicted octanol–water partition coefficient (Wildman–Crippen LogP) is 5.62. The van der Waals surface area contributed by atoms with Gasteiger partial charge in [-0.3, -0.25) is 4.98 Å². The summed E-state index contributed by atoms with van der Waals surface area (Å²) in [5.74, 6) is -1.68. The van der Waals surface area contributed by atoms with E-state index in [2.05, 4.69) is 39.0 Å². The van der Waals surface area contributed by atoms with E-state index in [0.717, 1.165) is 33.8 Å². The molecule has 3 aromatic rings. The molecule has 0 bridgehead atoms. The predicted molar refractivity (Wildman–Crippen MR) is 112 cm³/mol. The number of pyridine rings is 2. The summed E-state index contributed by atoms with van der Waals surface area (Å²) in [7, 11) is 1.95. The summed E-state index contributed by atoms with van der Waals surface area (Å²) in [6.07, 6.45) is 1.85. The van der Waals surface area contributed by atoms with E-state index in [1.54, 1.807) is 6.07 Å². The summed E-state index contributed by atoms with van der Waals surface area (Å²) in [6, 6.07) is 12.2. The van der Waals surface area contributed by atoms with Crippen LogP contribution in [0.3, 0.4) is 0 Å². The molecule has 0 spiro atoms. The number of aromatic nitrogens is 2. The van der Waals surface area contributed by atoms with Gasteiger partial charge in [-0.15, -0.1) is 0 Å². The Morgan fingerprint density at radius 2 is 1.85 bits per heavy atom. The Balaban J connectivity index is 1.94. The number of nitrogens with zero attached hydrogens (tertiary/aromatic N) is 2. The minimum Gasteiger partial charge on any atom is -0.257 e. The molecule has 0 saturated heterocycles. The van der Waals surface area contributed by atoms with Gasteiger partial charge in [0.05, 0.1) is 5.69 Å². The Bertz CT molecular complexity index is 1210. The zero-order chi connectivity index (χ0) is 22.9. The van der Waals surface area contributed by atoms with Crippen molar-refractivity contribution in [3.8, 4) is 22.4 Å². The van der Waals surface area contributed by atoms with Crippen LogP contribution in [0.15, 0.2) is 42.6 Å². The average molecular weight is 362 g/mol. The van der Waals surface area contributed by atoms with Crippen molar-refractivity contribution in [3.63, 3.8) is 0 Å². The lowest BCUT2D eigenvalue weighted by atomic mass is 9.83. The van der Waals surface area contributed by atoms with Gasteiger partial charge in [-0.05, 0) is 54.1 Å². The maximum absolute atomic E-state index is 8.51. The first-order chi connectivity index (χ1) is 14.2. The Morgan fingerprint density at radius 1 is 1.07 bits per heavy atom. The fraction of sp³-hybridized carbons (Fsp3) is 0.360. The van der Waals surface area contributed by atoms with Crippen LogP contribution in [0.5, 0.6) is 0 Å². The smallest absolute Gasteiger partial charge is 0.212 e. The molecule has 2 aromatic heterocycles. The molecule has 27 heavy (non-hydrogen) atoms. The standard InChI is InChI=1S/C25H29N2/c1-15(2)18-10-11-27(7)23(13-18)20-14-21-19-9-8-17(4)26-24(19)25(5,6)22(21)12-16(20)3/h8-15H,1-7H3/q+1/i1D3,15D. The van der Waals surface area contributed by atoms with Crippen LogP contribution < -0.4 is 4.57 Å². The van der Waals surface area contributed by atoms with Gasteiger partial charge in [0, 0.05) is 39.9 Å². The third-order valence-corrected chi connectivity index (χ3v) is 5.81. The zero-order valence-corrected chi connectivity index (χ0v) is 16.9. The fourth-order valence-electron chi connectivity index (χ4n) is 4.17. The van der Waals surface area contributed by atoms with Crippen LogP contribution >= 0.6 is 0 Å². The molecule has 1 atom stereocenters. The van der Waals surface area contributed by atoms with Crippen molar-refractivity contribution in [3.05, 3.63) is 70.7 Å². The molecule has 0 N–H and O–H groups in total. The minimum absolute atomic E-state index is 0.176. The van der Waals surface area contributed by atoms with E-state index in [-0.39, 0.29) is 5.41 Å². The van der Waals surface area contributed by atoms with Gasteiger partial charge in [0.25, 0.3) is 0 Å². The molecule has 2 heteroatoms. The highest BCUT2D eigenvalue weighted by Crippen LogP contribution is 2.49. The summed E-state index contributed by atoms with van der Waals surface area (Å²) >= 11 is 0. The van der Waals surface area contributed by atoms with E-state index >= 15 is 0 Å². The zero-order valence-electron chi connectivity index (χ0n) is 20.9. The Labute approximate surface area is 168 Å². The highest BCUT2D eigenvalue weighted by atomic mass is 14.9. The molecule has 0 fully saturated rings. The van der Waals surface area contributed by atoms with E-state index in [1.165, 1.54) is 18.1 Å². The number of benzene rings is 1. The number of rotatable bonds is 2. The quantitative estimate of drug-likeness (QED) is 0.541. The Kier molecular flexibility index (Phi) is 3.04. The number of hydrogen-bond acceptors (Lipinski definition) is 1. The van der Waals surface area contributed by atoms with Crippen LogP contribution in [0.25, 0.3) is 22.4 Å². The molecule has 4 rings (SSSR count). The molecule has 0 amide bonds. The maximum Gasteiger partial charge on any atom is 0.212 e. The first-order valence-electron chi connectivity index (χ1n) is 11.4. The van der Waals surface area contributed by atoms with E-state index in [0.29, 0.717) is 5.56 Å². The van der Waals surface area contributed by atoms with Gasteiger partial charge >= 0.3 is 0 Å². The number of hydrogen-bond donors (Lipinski definition) is 0. The lowest BCUT2D eigenvalue weighted by Gasteiger charge is -2.21. The van der Waals surface area contributed by atoms with Crippen molar-refractivity contribution in [1.82, 2.24) is 4.98 Å². The van der Waals surface area contributed by atoms with E-state index in [1.807, 2.05) is 36.9 Å². The van der Waals surface area contributed by atoms with Gasteiger partial charge in [0.1, 0.15) is 7.05 Å². The molecule has 138 valence electrons. The second-order valence-electron chi connectivity index (χ2n) is 8.22. The topological polar surface area (TPSA) is 16.8 Å². The van der Waals surface area contributed by atoms with Gasteiger partial charge in [0.2, 0.25) is 5.69 Å². The van der Waals surface area contributed by atoms with Crippen LogP contribution in [0.1, 0.15) is 67.1 Å². The van der Waals surface area contributed by atoms with Crippen LogP contribution in [-0.2, 0) is 12.5 Å². The summed E-state index contributed by atoms with van der Waals surface area (Å²) in [4.78, 5) is 4.85. The van der Waals surface area contributed by atoms with Gasteiger partial charge < -0.3 is 0 Å². The first-order valence-corrected chi connectivity index (χ1v) is 9.39. The van der Waals surface area contributed by atoms with Crippen molar-refractivity contribution in [2.45, 2.75) is 52.8 Å². The van der Waals surface area contributed by atoms with Crippen LogP contribution in [0, 0.1) is 13.8 Å². The van der Waals surface area contributed by atoms with Gasteiger partial charge in [-0.2, -0.15) is 0 Å². The highest BCUT2D eigenvalue weighted by molar-refractivity contribution is 5.83. The van der Waals surface area contributed by atoms with E-state index < -0.39 is 12.7 Å². The lowest BCUT2D eigenvalue weighted by Crippen LogP contribution is -2.31. The highest BCUT2D eigenvalue weighted by Gasteiger charge is 2.38. The first kappa shape index (κ1) is 13.7. The summed E-state index contributed by atoms with van der Waals surface area (Å²) < 4.78 is 34.0. The molecule has 1 unspecified atom stereocenters. The van der Waals surface area contributed by atoms with Gasteiger partial charge in [-0.25, -0.2) is 4.57 Å². The summed E-state index contributed by atoms with van der Waals surface area (Å²) in [5, 5.41) is 0. The van der Waals surface area contributed by atoms with E-state index in [4.69, 9.17) is 10.5 Å². The van der Waals surface area contributed by atoms with Gasteiger partial charge in [-0.1, -0.05) is 39.8 Å². The summed E-state index contributed by atoms with van der Waals surface area (Å²) in [5.41, 5.74) is 9.04. The minimum atomic E-state index is -2.41.